The fourth-order valence-corrected chi connectivity index (χ4v) is 1.61. The first kappa shape index (κ1) is 14.0. The molecule has 0 spiro atoms. The summed E-state index contributed by atoms with van der Waals surface area (Å²) in [5.74, 6) is 0. The van der Waals surface area contributed by atoms with Crippen molar-refractivity contribution in [3.63, 3.8) is 0 Å². The van der Waals surface area contributed by atoms with Gasteiger partial charge >= 0.3 is 0 Å². The zero-order valence-corrected chi connectivity index (χ0v) is 10.8. The van der Waals surface area contributed by atoms with E-state index < -0.39 is 0 Å². The molecule has 0 bridgehead atoms. The Kier molecular flexibility index (Phi) is 6.25. The first-order valence-electron chi connectivity index (χ1n) is 6.14. The second-order valence-corrected chi connectivity index (χ2v) is 3.47. The summed E-state index contributed by atoms with van der Waals surface area (Å²) in [5.41, 5.74) is 2.00. The largest absolute Gasteiger partial charge is 0.337 e. The molecule has 0 fully saturated rings. The van der Waals surface area contributed by atoms with Crippen molar-refractivity contribution in [2.45, 2.75) is 26.8 Å². The second kappa shape index (κ2) is 8.06. The Morgan fingerprint density at radius 2 is 2.11 bits per heavy atom. The Labute approximate surface area is 108 Å². The van der Waals surface area contributed by atoms with Crippen LogP contribution in [0.1, 0.15) is 19.4 Å². The zero-order valence-electron chi connectivity index (χ0n) is 10.8. The van der Waals surface area contributed by atoms with Crippen LogP contribution in [0.3, 0.4) is 0 Å². The lowest BCUT2D eigenvalue weighted by Crippen LogP contribution is -2.03. The number of nitrogens with one attached hydrogen (secondary N) is 1. The lowest BCUT2D eigenvalue weighted by atomic mass is 10.1. The number of imidazole rings is 1. The average molecular weight is 245 g/mol. The van der Waals surface area contributed by atoms with Crippen LogP contribution in [0.15, 0.2) is 43.0 Å². The zero-order chi connectivity index (χ0) is 13.2. The van der Waals surface area contributed by atoms with Gasteiger partial charge < -0.3 is 9.88 Å². The van der Waals surface area contributed by atoms with Gasteiger partial charge in [-0.2, -0.15) is 0 Å². The van der Waals surface area contributed by atoms with E-state index >= 15 is 0 Å². The maximum absolute atomic E-state index is 10.4. The highest BCUT2D eigenvalue weighted by Crippen LogP contribution is 2.15. The topological polar surface area (TPSA) is 46.9 Å². The summed E-state index contributed by atoms with van der Waals surface area (Å²) >= 11 is 0. The first-order chi connectivity index (χ1) is 8.90. The molecule has 0 atom stereocenters. The van der Waals surface area contributed by atoms with Gasteiger partial charge in [0.1, 0.15) is 0 Å². The fourth-order valence-electron chi connectivity index (χ4n) is 1.61. The molecule has 0 aliphatic heterocycles. The smallest absolute Gasteiger partial charge is 0.211 e. The Hall–Kier alpha value is -2.10. The molecule has 1 N–H and O–H groups in total. The molecule has 2 aromatic rings. The van der Waals surface area contributed by atoms with Crippen LogP contribution in [-0.4, -0.2) is 16.0 Å². The predicted octanol–water partition coefficient (Wildman–Crippen LogP) is 2.72. The van der Waals surface area contributed by atoms with E-state index in [0.717, 1.165) is 24.2 Å². The summed E-state index contributed by atoms with van der Waals surface area (Å²) < 4.78 is 2.01. The number of rotatable bonds is 5. The van der Waals surface area contributed by atoms with E-state index in [9.17, 15) is 4.79 Å². The minimum absolute atomic E-state index is 0.704. The molecule has 0 unspecified atom stereocenters. The van der Waals surface area contributed by atoms with Crippen molar-refractivity contribution in [1.82, 2.24) is 9.55 Å². The lowest BCUT2D eigenvalue weighted by molar-refractivity contribution is -0.105. The van der Waals surface area contributed by atoms with Crippen molar-refractivity contribution in [3.05, 3.63) is 48.5 Å². The maximum Gasteiger partial charge on any atom is 0.211 e. The van der Waals surface area contributed by atoms with Crippen molar-refractivity contribution in [1.29, 1.82) is 0 Å². The predicted molar refractivity (Wildman–Crippen MR) is 73.4 cm³/mol. The van der Waals surface area contributed by atoms with Gasteiger partial charge in [0, 0.05) is 24.6 Å². The minimum Gasteiger partial charge on any atom is -0.337 e. The third-order valence-corrected chi connectivity index (χ3v) is 2.43. The van der Waals surface area contributed by atoms with Crippen LogP contribution in [0.5, 0.6) is 0 Å². The molecule has 96 valence electrons. The number of amides is 1. The van der Waals surface area contributed by atoms with E-state index in [2.05, 4.69) is 10.3 Å². The van der Waals surface area contributed by atoms with E-state index in [-0.39, 0.29) is 0 Å². The molecule has 0 saturated carbocycles. The molecular weight excluding hydrogens is 226 g/mol. The maximum atomic E-state index is 10.4. The summed E-state index contributed by atoms with van der Waals surface area (Å²) in [5, 5.41) is 2.70. The third-order valence-electron chi connectivity index (χ3n) is 2.43. The molecule has 4 heteroatoms. The normalized spacial score (nSPS) is 9.22. The molecule has 0 aliphatic carbocycles. The van der Waals surface area contributed by atoms with Crippen LogP contribution in [0.25, 0.3) is 0 Å². The molecule has 1 aromatic heterocycles. The van der Waals surface area contributed by atoms with Crippen molar-refractivity contribution >= 4 is 12.1 Å². The summed E-state index contributed by atoms with van der Waals surface area (Å²) in [6, 6.07) is 7.80. The number of carbonyl (C=O) groups is 1. The van der Waals surface area contributed by atoms with Gasteiger partial charge in [0.15, 0.2) is 0 Å². The van der Waals surface area contributed by atoms with Crippen LogP contribution in [0, 0.1) is 0 Å². The summed E-state index contributed by atoms with van der Waals surface area (Å²) in [6.07, 6.45) is 7.05. The number of hydrogen-bond acceptors (Lipinski definition) is 2. The lowest BCUT2D eigenvalue weighted by Gasteiger charge is -2.08. The average Bonchev–Trinajstić information content (AvgIpc) is 2.94. The Bertz CT molecular complexity index is 452. The number of aromatic nitrogens is 2. The molecular formula is C14H19N3O. The van der Waals surface area contributed by atoms with E-state index in [1.54, 1.807) is 12.5 Å². The van der Waals surface area contributed by atoms with Crippen molar-refractivity contribution < 1.29 is 4.79 Å². The van der Waals surface area contributed by atoms with Crippen LogP contribution >= 0.6 is 0 Å². The number of aryl methyl sites for hydroxylation is 2. The second-order valence-electron chi connectivity index (χ2n) is 3.47. The van der Waals surface area contributed by atoms with E-state index in [4.69, 9.17) is 0 Å². The first-order valence-corrected chi connectivity index (χ1v) is 6.14. The van der Waals surface area contributed by atoms with Crippen molar-refractivity contribution in [2.24, 2.45) is 0 Å². The highest BCUT2D eigenvalue weighted by atomic mass is 16.1. The van der Waals surface area contributed by atoms with Gasteiger partial charge in [-0.3, -0.25) is 4.79 Å². The van der Waals surface area contributed by atoms with Crippen LogP contribution in [-0.2, 0) is 17.8 Å². The number of benzene rings is 1. The molecule has 1 aromatic carbocycles. The molecule has 2 rings (SSSR count). The quantitative estimate of drug-likeness (QED) is 0.823. The van der Waals surface area contributed by atoms with Crippen LogP contribution in [0.4, 0.5) is 5.69 Å². The summed E-state index contributed by atoms with van der Waals surface area (Å²) in [7, 11) is 0. The van der Waals surface area contributed by atoms with Gasteiger partial charge in [-0.15, -0.1) is 0 Å². The number of carbonyl (C=O) groups excluding carboxylic acids is 1. The summed E-state index contributed by atoms with van der Waals surface area (Å²) in [6.45, 7) is 4.86. The SMILES string of the molecule is CC.O=CNc1ccccc1CCn1ccnc1. The molecule has 0 aliphatic rings. The fraction of sp³-hybridized carbons (Fsp3) is 0.286. The van der Waals surface area contributed by atoms with E-state index in [0.29, 0.717) is 6.41 Å². The van der Waals surface area contributed by atoms with E-state index in [1.165, 1.54) is 0 Å². The molecule has 1 heterocycles. The highest BCUT2D eigenvalue weighted by Gasteiger charge is 2.00. The Morgan fingerprint density at radius 3 is 2.78 bits per heavy atom. The van der Waals surface area contributed by atoms with Gasteiger partial charge in [-0.1, -0.05) is 32.0 Å². The Morgan fingerprint density at radius 1 is 1.33 bits per heavy atom. The molecule has 1 amide bonds. The van der Waals surface area contributed by atoms with Gasteiger partial charge in [0.25, 0.3) is 0 Å². The number of para-hydroxylation sites is 1. The van der Waals surface area contributed by atoms with Gasteiger partial charge in [-0.05, 0) is 18.1 Å². The van der Waals surface area contributed by atoms with Crippen molar-refractivity contribution in [2.75, 3.05) is 5.32 Å². The Balaban J connectivity index is 0.000000771. The number of nitrogens with zero attached hydrogens (tertiary/aromatic N) is 2. The van der Waals surface area contributed by atoms with Gasteiger partial charge in [-0.25, -0.2) is 4.98 Å². The van der Waals surface area contributed by atoms with Crippen LogP contribution in [0.2, 0.25) is 0 Å². The monoisotopic (exact) mass is 245 g/mol. The highest BCUT2D eigenvalue weighted by molar-refractivity contribution is 5.73. The third kappa shape index (κ3) is 4.05. The molecule has 18 heavy (non-hydrogen) atoms. The minimum atomic E-state index is 0.704. The van der Waals surface area contributed by atoms with Gasteiger partial charge in [0.2, 0.25) is 6.41 Å². The molecule has 4 nitrogen and oxygen atoms in total. The van der Waals surface area contributed by atoms with Crippen LogP contribution < -0.4 is 5.32 Å². The van der Waals surface area contributed by atoms with Gasteiger partial charge in [0.05, 0.1) is 6.33 Å². The molecule has 0 saturated heterocycles. The molecule has 0 radical (unpaired) electrons. The summed E-state index contributed by atoms with van der Waals surface area (Å²) in [4.78, 5) is 14.4. The number of hydrogen-bond donors (Lipinski definition) is 1. The van der Waals surface area contributed by atoms with E-state index in [1.807, 2.05) is 48.9 Å². The number of anilines is 1. The van der Waals surface area contributed by atoms with Crippen molar-refractivity contribution in [3.8, 4) is 0 Å². The standard InChI is InChI=1S/C12H13N3O.C2H6/c16-10-14-12-4-2-1-3-11(12)5-7-15-8-6-13-9-15;1-2/h1-4,6,8-10H,5,7H2,(H,14,16);1-2H3.